The molecule has 0 heterocycles. The van der Waals surface area contributed by atoms with Gasteiger partial charge in [-0.25, -0.2) is 0 Å². The van der Waals surface area contributed by atoms with Gasteiger partial charge in [0.15, 0.2) is 0 Å². The summed E-state index contributed by atoms with van der Waals surface area (Å²) in [6.45, 7) is 0. The fourth-order valence-corrected chi connectivity index (χ4v) is 1.90. The maximum Gasteiger partial charge on any atom is 0.331 e. The molecule has 0 aliphatic heterocycles. The molecule has 0 unspecified atom stereocenters. The quantitative estimate of drug-likeness (QED) is 0.574. The summed E-state index contributed by atoms with van der Waals surface area (Å²) >= 11 is 0. The molecule has 0 atom stereocenters. The number of hydrogen-bond acceptors (Lipinski definition) is 5. The largest absolute Gasteiger partial charge is 0.872 e. The summed E-state index contributed by atoms with van der Waals surface area (Å²) in [4.78, 5) is 23.4. The molecule has 0 aromatic heterocycles. The molecule has 0 spiro atoms. The van der Waals surface area contributed by atoms with Crippen molar-refractivity contribution >= 4 is 17.5 Å². The Morgan fingerprint density at radius 1 is 1.11 bits per heavy atom. The molecule has 0 saturated carbocycles. The van der Waals surface area contributed by atoms with Crippen molar-refractivity contribution in [2.24, 2.45) is 5.41 Å². The summed E-state index contributed by atoms with van der Waals surface area (Å²) < 4.78 is 9.20. The third-order valence-corrected chi connectivity index (χ3v) is 2.89. The second kappa shape index (κ2) is 4.18. The van der Waals surface area contributed by atoms with Crippen LogP contribution in [0.25, 0.3) is 5.57 Å². The van der Waals surface area contributed by atoms with Crippen molar-refractivity contribution in [1.82, 2.24) is 0 Å². The van der Waals surface area contributed by atoms with Gasteiger partial charge in [-0.1, -0.05) is 24.3 Å². The van der Waals surface area contributed by atoms with Gasteiger partial charge in [0.1, 0.15) is 0 Å². The van der Waals surface area contributed by atoms with Crippen LogP contribution in [0.4, 0.5) is 0 Å². The minimum absolute atomic E-state index is 0.251. The van der Waals surface area contributed by atoms with Crippen molar-refractivity contribution in [2.75, 3.05) is 14.2 Å². The molecule has 5 nitrogen and oxygen atoms in total. The molecule has 1 aliphatic rings. The highest BCUT2D eigenvalue weighted by atomic mass is 16.5. The maximum absolute atomic E-state index is 11.7. The summed E-state index contributed by atoms with van der Waals surface area (Å²) in [5.41, 5.74) is -0.899. The summed E-state index contributed by atoms with van der Waals surface area (Å²) in [6.07, 6.45) is 1.39. The molecule has 0 amide bonds. The van der Waals surface area contributed by atoms with Crippen molar-refractivity contribution in [1.29, 1.82) is 0 Å². The first-order chi connectivity index (χ1) is 8.57. The Bertz CT molecular complexity index is 528. The Kier molecular flexibility index (Phi) is 2.82. The fraction of sp³-hybridized carbons (Fsp3) is 0.231. The molecule has 1 aromatic rings. The van der Waals surface area contributed by atoms with E-state index in [2.05, 4.69) is 9.47 Å². The maximum atomic E-state index is 11.7. The molecule has 1 aromatic carbocycles. The van der Waals surface area contributed by atoms with E-state index in [-0.39, 0.29) is 5.75 Å². The van der Waals surface area contributed by atoms with E-state index in [9.17, 15) is 14.7 Å². The van der Waals surface area contributed by atoms with Crippen LogP contribution < -0.4 is 5.11 Å². The smallest absolute Gasteiger partial charge is 0.331 e. The number of benzene rings is 1. The third-order valence-electron chi connectivity index (χ3n) is 2.89. The van der Waals surface area contributed by atoms with Crippen LogP contribution in [0.1, 0.15) is 5.56 Å². The van der Waals surface area contributed by atoms with Gasteiger partial charge in [0.05, 0.1) is 14.2 Å². The van der Waals surface area contributed by atoms with Gasteiger partial charge in [-0.05, 0) is 17.2 Å². The lowest BCUT2D eigenvalue weighted by atomic mass is 9.96. The van der Waals surface area contributed by atoms with Crippen LogP contribution in [-0.4, -0.2) is 26.2 Å². The van der Waals surface area contributed by atoms with E-state index < -0.39 is 17.4 Å². The molecule has 0 fully saturated rings. The Morgan fingerprint density at radius 2 is 1.67 bits per heavy atom. The van der Waals surface area contributed by atoms with Crippen LogP contribution in [0.5, 0.6) is 5.75 Å². The van der Waals surface area contributed by atoms with Crippen LogP contribution in [0.3, 0.4) is 0 Å². The van der Waals surface area contributed by atoms with Gasteiger partial charge in [0.25, 0.3) is 0 Å². The second-order valence-electron chi connectivity index (χ2n) is 3.85. The number of para-hydroxylation sites is 1. The van der Waals surface area contributed by atoms with E-state index in [0.717, 1.165) is 0 Å². The first-order valence-electron chi connectivity index (χ1n) is 5.24. The molecular weight excluding hydrogens is 236 g/mol. The Morgan fingerprint density at radius 3 is 2.17 bits per heavy atom. The highest BCUT2D eigenvalue weighted by Crippen LogP contribution is 2.54. The molecule has 1 aliphatic carbocycles. The Hall–Kier alpha value is -2.30. The van der Waals surface area contributed by atoms with E-state index in [1.165, 1.54) is 26.4 Å². The first kappa shape index (κ1) is 12.2. The minimum Gasteiger partial charge on any atom is -0.872 e. The summed E-state index contributed by atoms with van der Waals surface area (Å²) in [6, 6.07) is 6.18. The number of ether oxygens (including phenoxy) is 2. The number of rotatable bonds is 3. The van der Waals surface area contributed by atoms with Crippen molar-refractivity contribution in [3.63, 3.8) is 0 Å². The SMILES string of the molecule is COC(=O)C1(C(=O)OC)C=C1c1ccccc1[O-]. The molecule has 0 saturated heterocycles. The predicted molar refractivity (Wildman–Crippen MR) is 60.3 cm³/mol. The van der Waals surface area contributed by atoms with Crippen LogP contribution in [-0.2, 0) is 19.1 Å². The van der Waals surface area contributed by atoms with E-state index in [0.29, 0.717) is 11.1 Å². The zero-order valence-corrected chi connectivity index (χ0v) is 9.93. The summed E-state index contributed by atoms with van der Waals surface area (Å²) in [7, 11) is 2.36. The fourth-order valence-electron chi connectivity index (χ4n) is 1.90. The average Bonchev–Trinajstić information content (AvgIpc) is 3.14. The lowest BCUT2D eigenvalue weighted by Gasteiger charge is -2.16. The molecule has 0 radical (unpaired) electrons. The van der Waals surface area contributed by atoms with Gasteiger partial charge in [-0.2, -0.15) is 0 Å². The van der Waals surface area contributed by atoms with E-state index in [1.54, 1.807) is 18.2 Å². The number of carbonyl (C=O) groups excluding carboxylic acids is 2. The van der Waals surface area contributed by atoms with E-state index in [4.69, 9.17) is 0 Å². The minimum atomic E-state index is -1.55. The van der Waals surface area contributed by atoms with Crippen molar-refractivity contribution < 1.29 is 24.2 Å². The monoisotopic (exact) mass is 247 g/mol. The lowest BCUT2D eigenvalue weighted by Crippen LogP contribution is -2.31. The van der Waals surface area contributed by atoms with Crippen LogP contribution in [0.15, 0.2) is 30.3 Å². The third kappa shape index (κ3) is 1.55. The molecule has 2 rings (SSSR count). The number of carbonyl (C=O) groups is 2. The number of hydrogen-bond donors (Lipinski definition) is 0. The van der Waals surface area contributed by atoms with E-state index in [1.807, 2.05) is 0 Å². The van der Waals surface area contributed by atoms with Gasteiger partial charge in [0.2, 0.25) is 5.41 Å². The van der Waals surface area contributed by atoms with Crippen LogP contribution in [0, 0.1) is 5.41 Å². The molecule has 5 heteroatoms. The summed E-state index contributed by atoms with van der Waals surface area (Å²) in [5, 5.41) is 11.7. The van der Waals surface area contributed by atoms with E-state index >= 15 is 0 Å². The molecule has 94 valence electrons. The average molecular weight is 247 g/mol. The van der Waals surface area contributed by atoms with Gasteiger partial charge in [0, 0.05) is 0 Å². The molecule has 18 heavy (non-hydrogen) atoms. The van der Waals surface area contributed by atoms with Crippen LogP contribution >= 0.6 is 0 Å². The standard InChI is InChI=1S/C13H12O5/c1-17-11(15)13(12(16)18-2)7-9(13)8-5-3-4-6-10(8)14/h3-7,14H,1-2H3/p-1. The molecule has 0 bridgehead atoms. The van der Waals surface area contributed by atoms with Gasteiger partial charge in [-0.15, -0.1) is 5.75 Å². The summed E-state index contributed by atoms with van der Waals surface area (Å²) in [5.74, 6) is -1.74. The second-order valence-corrected chi connectivity index (χ2v) is 3.85. The number of esters is 2. The van der Waals surface area contributed by atoms with Crippen LogP contribution in [0.2, 0.25) is 0 Å². The Balaban J connectivity index is 2.39. The molecular formula is C13H11O5-. The van der Waals surface area contributed by atoms with Crippen molar-refractivity contribution in [2.45, 2.75) is 0 Å². The topological polar surface area (TPSA) is 75.7 Å². The number of methoxy groups -OCH3 is 2. The normalized spacial score (nSPS) is 15.6. The van der Waals surface area contributed by atoms with Gasteiger partial charge >= 0.3 is 11.9 Å². The zero-order chi connectivity index (χ0) is 13.3. The van der Waals surface area contributed by atoms with Crippen molar-refractivity contribution in [3.05, 3.63) is 35.9 Å². The Labute approximate surface area is 104 Å². The lowest BCUT2D eigenvalue weighted by molar-refractivity contribution is -0.268. The van der Waals surface area contributed by atoms with Gasteiger partial charge in [-0.3, -0.25) is 9.59 Å². The highest BCUT2D eigenvalue weighted by Gasteiger charge is 2.60. The van der Waals surface area contributed by atoms with Crippen molar-refractivity contribution in [3.8, 4) is 5.75 Å². The first-order valence-corrected chi connectivity index (χ1v) is 5.24. The van der Waals surface area contributed by atoms with Gasteiger partial charge < -0.3 is 14.6 Å². The predicted octanol–water partition coefficient (Wildman–Crippen LogP) is 0.490. The highest BCUT2D eigenvalue weighted by molar-refractivity contribution is 6.23. The molecule has 0 N–H and O–H groups in total. The zero-order valence-electron chi connectivity index (χ0n) is 9.93.